The van der Waals surface area contributed by atoms with Gasteiger partial charge in [0.05, 0.1) is 0 Å². The Hall–Kier alpha value is -1.63. The second-order valence-corrected chi connectivity index (χ2v) is 3.25. The van der Waals surface area contributed by atoms with E-state index in [0.717, 1.165) is 0 Å². The highest BCUT2D eigenvalue weighted by atomic mass is 16.4. The fraction of sp³-hybridized carbons (Fsp3) is 0.625. The molecule has 3 amide bonds. The minimum atomic E-state index is -1.21. The Morgan fingerprint density at radius 2 is 2.20 bits per heavy atom. The minimum Gasteiger partial charge on any atom is -0.480 e. The molecular weight excluding hydrogens is 202 g/mol. The van der Waals surface area contributed by atoms with Gasteiger partial charge >= 0.3 is 12.0 Å². The summed E-state index contributed by atoms with van der Waals surface area (Å²) in [7, 11) is 0. The number of hydrogen-bond acceptors (Lipinski definition) is 4. The maximum Gasteiger partial charge on any atom is 0.325 e. The van der Waals surface area contributed by atoms with Crippen molar-refractivity contribution >= 4 is 17.9 Å². The Morgan fingerprint density at radius 3 is 2.73 bits per heavy atom. The number of aliphatic carboxylic acids is 1. The van der Waals surface area contributed by atoms with Gasteiger partial charge in [-0.3, -0.25) is 14.5 Å². The first-order valence-electron chi connectivity index (χ1n) is 4.60. The van der Waals surface area contributed by atoms with E-state index in [1.54, 1.807) is 0 Å². The lowest BCUT2D eigenvalue weighted by atomic mass is 10.1. The van der Waals surface area contributed by atoms with E-state index in [0.29, 0.717) is 24.3 Å². The first-order chi connectivity index (χ1) is 7.06. The predicted molar refractivity (Wildman–Crippen MR) is 50.0 cm³/mol. The van der Waals surface area contributed by atoms with Crippen LogP contribution >= 0.6 is 0 Å². The quantitative estimate of drug-likeness (QED) is 0.495. The van der Waals surface area contributed by atoms with Gasteiger partial charge in [-0.15, -0.1) is 0 Å². The molecule has 0 spiro atoms. The van der Waals surface area contributed by atoms with Crippen LogP contribution in [0.1, 0.15) is 12.8 Å². The molecule has 0 saturated carbocycles. The van der Waals surface area contributed by atoms with Gasteiger partial charge in [-0.2, -0.15) is 0 Å². The Morgan fingerprint density at radius 1 is 1.53 bits per heavy atom. The molecule has 4 N–H and O–H groups in total. The van der Waals surface area contributed by atoms with E-state index in [1.807, 2.05) is 0 Å². The third kappa shape index (κ3) is 2.66. The van der Waals surface area contributed by atoms with E-state index in [-0.39, 0.29) is 0 Å². The lowest BCUT2D eigenvalue weighted by Gasteiger charge is -2.09. The Kier molecular flexibility index (Phi) is 3.62. The van der Waals surface area contributed by atoms with E-state index in [4.69, 9.17) is 10.8 Å². The predicted octanol–water partition coefficient (Wildman–Crippen LogP) is -1.27. The van der Waals surface area contributed by atoms with Gasteiger partial charge in [0.15, 0.2) is 0 Å². The number of hydrogen-bond donors (Lipinski definition) is 3. The van der Waals surface area contributed by atoms with Crippen molar-refractivity contribution in [2.45, 2.75) is 18.9 Å². The van der Waals surface area contributed by atoms with Gasteiger partial charge < -0.3 is 16.2 Å². The highest BCUT2D eigenvalue weighted by Gasteiger charge is 2.38. The zero-order valence-electron chi connectivity index (χ0n) is 8.10. The van der Waals surface area contributed by atoms with Crippen LogP contribution in [-0.2, 0) is 9.59 Å². The molecule has 0 aromatic heterocycles. The third-order valence-corrected chi connectivity index (χ3v) is 2.10. The number of urea groups is 1. The summed E-state index contributed by atoms with van der Waals surface area (Å²) in [6.45, 7) is -0.164. The standard InChI is InChI=1S/C8H13N3O4/c9-3-1-2-5-7(14)11(4-6(12)13)8(15)10-5/h5H,1-4,9H2,(H,10,15)(H,12,13)/t5-/m0/s1. The van der Waals surface area contributed by atoms with Crippen molar-refractivity contribution in [2.24, 2.45) is 5.73 Å². The Labute approximate surface area is 86.2 Å². The summed E-state index contributed by atoms with van der Waals surface area (Å²) in [5.41, 5.74) is 5.27. The number of carbonyl (C=O) groups is 3. The number of nitrogens with one attached hydrogen (secondary N) is 1. The number of carboxylic acid groups (broad SMARTS) is 1. The van der Waals surface area contributed by atoms with Crippen molar-refractivity contribution < 1.29 is 19.5 Å². The number of imide groups is 1. The van der Waals surface area contributed by atoms with Gasteiger partial charge in [-0.05, 0) is 19.4 Å². The minimum absolute atomic E-state index is 0.429. The topological polar surface area (TPSA) is 113 Å². The van der Waals surface area contributed by atoms with E-state index in [1.165, 1.54) is 0 Å². The molecule has 84 valence electrons. The molecule has 1 fully saturated rings. The van der Waals surface area contributed by atoms with E-state index in [9.17, 15) is 14.4 Å². The van der Waals surface area contributed by atoms with Crippen LogP contribution in [0, 0.1) is 0 Å². The molecule has 1 atom stereocenters. The lowest BCUT2D eigenvalue weighted by molar-refractivity contribution is -0.141. The Bertz CT molecular complexity index is 292. The molecule has 0 bridgehead atoms. The number of carbonyl (C=O) groups excluding carboxylic acids is 2. The first-order valence-corrected chi connectivity index (χ1v) is 4.60. The number of amides is 3. The summed E-state index contributed by atoms with van der Waals surface area (Å²) in [6.07, 6.45) is 1.05. The fourth-order valence-corrected chi connectivity index (χ4v) is 1.38. The van der Waals surface area contributed by atoms with Gasteiger partial charge in [-0.1, -0.05) is 0 Å². The second kappa shape index (κ2) is 4.74. The summed E-state index contributed by atoms with van der Waals surface area (Å²) in [4.78, 5) is 33.8. The van der Waals surface area contributed by atoms with Crippen LogP contribution in [0.25, 0.3) is 0 Å². The van der Waals surface area contributed by atoms with Crippen molar-refractivity contribution in [1.82, 2.24) is 10.2 Å². The van der Waals surface area contributed by atoms with E-state index in [2.05, 4.69) is 5.32 Å². The third-order valence-electron chi connectivity index (χ3n) is 2.10. The van der Waals surface area contributed by atoms with Crippen LogP contribution in [0.4, 0.5) is 4.79 Å². The van der Waals surface area contributed by atoms with Crippen molar-refractivity contribution in [2.75, 3.05) is 13.1 Å². The molecule has 1 heterocycles. The maximum atomic E-state index is 11.5. The summed E-state index contributed by atoms with van der Waals surface area (Å²) in [5.74, 6) is -1.70. The summed E-state index contributed by atoms with van der Waals surface area (Å²) in [6, 6.07) is -1.27. The molecule has 1 rings (SSSR count). The monoisotopic (exact) mass is 215 g/mol. The van der Waals surface area contributed by atoms with Gasteiger partial charge in [0.25, 0.3) is 5.91 Å². The van der Waals surface area contributed by atoms with Crippen molar-refractivity contribution in [1.29, 1.82) is 0 Å². The summed E-state index contributed by atoms with van der Waals surface area (Å²) in [5, 5.41) is 10.9. The zero-order chi connectivity index (χ0) is 11.4. The molecule has 0 unspecified atom stereocenters. The van der Waals surface area contributed by atoms with E-state index >= 15 is 0 Å². The smallest absolute Gasteiger partial charge is 0.325 e. The maximum absolute atomic E-state index is 11.5. The molecule has 1 aliphatic heterocycles. The summed E-state index contributed by atoms with van der Waals surface area (Å²) >= 11 is 0. The number of nitrogens with zero attached hydrogens (tertiary/aromatic N) is 1. The normalized spacial score (nSPS) is 20.6. The molecular formula is C8H13N3O4. The van der Waals surface area contributed by atoms with Crippen LogP contribution in [0.5, 0.6) is 0 Å². The molecule has 1 saturated heterocycles. The van der Waals surface area contributed by atoms with Crippen LogP contribution in [-0.4, -0.2) is 47.0 Å². The molecule has 1 aliphatic rings. The highest BCUT2D eigenvalue weighted by molar-refractivity contribution is 6.05. The van der Waals surface area contributed by atoms with Crippen molar-refractivity contribution in [3.05, 3.63) is 0 Å². The molecule has 0 radical (unpaired) electrons. The van der Waals surface area contributed by atoms with Crippen LogP contribution in [0.2, 0.25) is 0 Å². The van der Waals surface area contributed by atoms with Crippen molar-refractivity contribution in [3.8, 4) is 0 Å². The molecule has 7 heteroatoms. The number of carboxylic acids is 1. The molecule has 15 heavy (non-hydrogen) atoms. The van der Waals surface area contributed by atoms with Gasteiger partial charge in [-0.25, -0.2) is 4.79 Å². The van der Waals surface area contributed by atoms with Gasteiger partial charge in [0, 0.05) is 0 Å². The summed E-state index contributed by atoms with van der Waals surface area (Å²) < 4.78 is 0. The van der Waals surface area contributed by atoms with Crippen LogP contribution in [0.3, 0.4) is 0 Å². The van der Waals surface area contributed by atoms with Crippen LogP contribution in [0.15, 0.2) is 0 Å². The van der Waals surface area contributed by atoms with Gasteiger partial charge in [0.1, 0.15) is 12.6 Å². The largest absolute Gasteiger partial charge is 0.480 e. The lowest BCUT2D eigenvalue weighted by Crippen LogP contribution is -2.36. The second-order valence-electron chi connectivity index (χ2n) is 3.25. The SMILES string of the molecule is NCCC[C@@H]1NC(=O)N(CC(=O)O)C1=O. The zero-order valence-corrected chi connectivity index (χ0v) is 8.10. The fourth-order valence-electron chi connectivity index (χ4n) is 1.38. The molecule has 7 nitrogen and oxygen atoms in total. The van der Waals surface area contributed by atoms with Crippen molar-refractivity contribution in [3.63, 3.8) is 0 Å². The van der Waals surface area contributed by atoms with Gasteiger partial charge in [0.2, 0.25) is 0 Å². The average molecular weight is 215 g/mol. The van der Waals surface area contributed by atoms with E-state index < -0.39 is 30.5 Å². The molecule has 0 aromatic carbocycles. The highest BCUT2D eigenvalue weighted by Crippen LogP contribution is 2.10. The Balaban J connectivity index is 2.58. The number of nitrogens with two attached hydrogens (primary N) is 1. The molecule has 0 aromatic rings. The molecule has 0 aliphatic carbocycles. The first kappa shape index (κ1) is 11.4. The van der Waals surface area contributed by atoms with Crippen LogP contribution < -0.4 is 11.1 Å². The average Bonchev–Trinajstić information content (AvgIpc) is 2.42. The number of rotatable bonds is 5.